The lowest BCUT2D eigenvalue weighted by atomic mass is 9.54. The van der Waals surface area contributed by atoms with Crippen molar-refractivity contribution in [2.24, 2.45) is 30.7 Å². The van der Waals surface area contributed by atoms with Crippen LogP contribution in [-0.2, 0) is 7.05 Å². The van der Waals surface area contributed by atoms with E-state index < -0.39 is 0 Å². The average molecular weight is 274 g/mol. The van der Waals surface area contributed by atoms with Gasteiger partial charge in [-0.05, 0) is 55.8 Å². The number of carbonyl (C=O) groups excluding carboxylic acids is 1. The molecule has 4 saturated carbocycles. The second-order valence-electron chi connectivity index (χ2n) is 7.00. The van der Waals surface area contributed by atoms with Crippen LogP contribution in [0.15, 0.2) is 6.20 Å². The SMILES string of the molecule is Cn1ncc(C(=O)NC2C3CC4CC(C3)CC2C4)c1N. The molecule has 0 unspecified atom stereocenters. The highest BCUT2D eigenvalue weighted by atomic mass is 16.1. The van der Waals surface area contributed by atoms with Gasteiger partial charge in [-0.15, -0.1) is 0 Å². The van der Waals surface area contributed by atoms with Gasteiger partial charge in [0.05, 0.1) is 6.20 Å². The molecule has 4 aliphatic carbocycles. The molecule has 0 aliphatic heterocycles. The summed E-state index contributed by atoms with van der Waals surface area (Å²) in [5.41, 5.74) is 6.41. The summed E-state index contributed by atoms with van der Waals surface area (Å²) >= 11 is 0. The minimum Gasteiger partial charge on any atom is -0.383 e. The molecular formula is C15H22N4O. The van der Waals surface area contributed by atoms with Crippen LogP contribution < -0.4 is 11.1 Å². The molecule has 0 spiro atoms. The third kappa shape index (κ3) is 1.75. The molecule has 108 valence electrons. The number of hydrogen-bond acceptors (Lipinski definition) is 3. The predicted molar refractivity (Wildman–Crippen MR) is 75.9 cm³/mol. The van der Waals surface area contributed by atoms with Gasteiger partial charge in [-0.2, -0.15) is 5.10 Å². The molecule has 5 rings (SSSR count). The van der Waals surface area contributed by atoms with Gasteiger partial charge in [0.2, 0.25) is 0 Å². The molecule has 0 atom stereocenters. The topological polar surface area (TPSA) is 72.9 Å². The van der Waals surface area contributed by atoms with Crippen LogP contribution in [0.5, 0.6) is 0 Å². The van der Waals surface area contributed by atoms with Crippen LogP contribution in [-0.4, -0.2) is 21.7 Å². The van der Waals surface area contributed by atoms with Crippen LogP contribution in [0.25, 0.3) is 0 Å². The first-order valence-electron chi connectivity index (χ1n) is 7.70. The van der Waals surface area contributed by atoms with Crippen molar-refractivity contribution in [3.8, 4) is 0 Å². The molecule has 3 N–H and O–H groups in total. The highest BCUT2D eigenvalue weighted by Crippen LogP contribution is 2.53. The fraction of sp³-hybridized carbons (Fsp3) is 0.733. The largest absolute Gasteiger partial charge is 0.383 e. The average Bonchev–Trinajstić information content (AvgIpc) is 2.73. The Morgan fingerprint density at radius 3 is 2.35 bits per heavy atom. The van der Waals surface area contributed by atoms with Gasteiger partial charge in [0.15, 0.2) is 0 Å². The highest BCUT2D eigenvalue weighted by Gasteiger charge is 2.48. The molecule has 1 heterocycles. The number of aromatic nitrogens is 2. The molecule has 20 heavy (non-hydrogen) atoms. The van der Waals surface area contributed by atoms with Gasteiger partial charge in [-0.25, -0.2) is 0 Å². The van der Waals surface area contributed by atoms with Crippen LogP contribution in [0.4, 0.5) is 5.82 Å². The van der Waals surface area contributed by atoms with E-state index in [4.69, 9.17) is 5.73 Å². The maximum atomic E-state index is 12.4. The third-order valence-electron chi connectivity index (χ3n) is 5.75. The van der Waals surface area contributed by atoms with E-state index >= 15 is 0 Å². The molecule has 0 aromatic carbocycles. The minimum atomic E-state index is -0.0481. The lowest BCUT2D eigenvalue weighted by Crippen LogP contribution is -2.55. The number of nitrogens with two attached hydrogens (primary N) is 1. The van der Waals surface area contributed by atoms with Crippen LogP contribution >= 0.6 is 0 Å². The number of anilines is 1. The molecule has 1 aromatic rings. The molecule has 4 aliphatic rings. The Labute approximate surface area is 118 Å². The first-order valence-corrected chi connectivity index (χ1v) is 7.70. The van der Waals surface area contributed by atoms with Gasteiger partial charge in [0.1, 0.15) is 11.4 Å². The Balaban J connectivity index is 1.52. The van der Waals surface area contributed by atoms with Crippen molar-refractivity contribution in [2.45, 2.75) is 38.1 Å². The summed E-state index contributed by atoms with van der Waals surface area (Å²) in [5, 5.41) is 7.31. The van der Waals surface area contributed by atoms with Gasteiger partial charge in [0, 0.05) is 13.1 Å². The van der Waals surface area contributed by atoms with E-state index in [-0.39, 0.29) is 5.91 Å². The zero-order valence-electron chi connectivity index (χ0n) is 11.9. The third-order valence-corrected chi connectivity index (χ3v) is 5.75. The second kappa shape index (κ2) is 4.24. The molecule has 5 heteroatoms. The van der Waals surface area contributed by atoms with E-state index in [1.54, 1.807) is 17.9 Å². The summed E-state index contributed by atoms with van der Waals surface area (Å²) in [6.45, 7) is 0. The van der Waals surface area contributed by atoms with E-state index in [9.17, 15) is 4.79 Å². The number of hydrogen-bond donors (Lipinski definition) is 2. The van der Waals surface area contributed by atoms with Crippen LogP contribution in [0, 0.1) is 23.7 Å². The number of nitrogens with one attached hydrogen (secondary N) is 1. The molecule has 5 nitrogen and oxygen atoms in total. The zero-order valence-corrected chi connectivity index (χ0v) is 11.9. The smallest absolute Gasteiger partial charge is 0.256 e. The predicted octanol–water partition coefficient (Wildman–Crippen LogP) is 1.56. The standard InChI is InChI=1S/C15H22N4O/c1-19-14(16)12(7-17-19)15(20)18-13-10-3-8-2-9(5-10)6-11(13)4-8/h7-11,13H,2-6,16H2,1H3,(H,18,20). The first kappa shape index (κ1) is 12.2. The minimum absolute atomic E-state index is 0.0481. The summed E-state index contributed by atoms with van der Waals surface area (Å²) in [6.07, 6.45) is 8.23. The van der Waals surface area contributed by atoms with Crippen molar-refractivity contribution in [1.82, 2.24) is 15.1 Å². The number of carbonyl (C=O) groups is 1. The molecule has 1 aromatic heterocycles. The summed E-state index contributed by atoms with van der Waals surface area (Å²) in [7, 11) is 1.76. The van der Waals surface area contributed by atoms with Crippen LogP contribution in [0.2, 0.25) is 0 Å². The van der Waals surface area contributed by atoms with Crippen molar-refractivity contribution >= 4 is 11.7 Å². The normalized spacial score (nSPS) is 38.1. The van der Waals surface area contributed by atoms with E-state index in [0.717, 1.165) is 11.8 Å². The van der Waals surface area contributed by atoms with Crippen molar-refractivity contribution in [3.63, 3.8) is 0 Å². The monoisotopic (exact) mass is 274 g/mol. The molecule has 0 radical (unpaired) electrons. The summed E-state index contributed by atoms with van der Waals surface area (Å²) < 4.78 is 1.55. The van der Waals surface area contributed by atoms with E-state index in [2.05, 4.69) is 10.4 Å². The van der Waals surface area contributed by atoms with Crippen LogP contribution in [0.3, 0.4) is 0 Å². The maximum Gasteiger partial charge on any atom is 0.256 e. The van der Waals surface area contributed by atoms with Crippen molar-refractivity contribution in [2.75, 3.05) is 5.73 Å². The van der Waals surface area contributed by atoms with Gasteiger partial charge in [0.25, 0.3) is 5.91 Å². The van der Waals surface area contributed by atoms with Gasteiger partial charge < -0.3 is 11.1 Å². The molecule has 1 amide bonds. The number of rotatable bonds is 2. The summed E-state index contributed by atoms with van der Waals surface area (Å²) in [5.74, 6) is 3.63. The maximum absolute atomic E-state index is 12.4. The lowest BCUT2D eigenvalue weighted by molar-refractivity contribution is -0.0119. The summed E-state index contributed by atoms with van der Waals surface area (Å²) in [4.78, 5) is 12.4. The second-order valence-corrected chi connectivity index (χ2v) is 7.00. The summed E-state index contributed by atoms with van der Waals surface area (Å²) in [6, 6.07) is 0.356. The highest BCUT2D eigenvalue weighted by molar-refractivity contribution is 5.98. The van der Waals surface area contributed by atoms with Gasteiger partial charge >= 0.3 is 0 Å². The number of aryl methyl sites for hydroxylation is 1. The van der Waals surface area contributed by atoms with E-state index in [1.807, 2.05) is 0 Å². The van der Waals surface area contributed by atoms with Gasteiger partial charge in [-0.1, -0.05) is 0 Å². The Kier molecular flexibility index (Phi) is 2.59. The van der Waals surface area contributed by atoms with E-state index in [0.29, 0.717) is 29.3 Å². The molecular weight excluding hydrogens is 252 g/mol. The van der Waals surface area contributed by atoms with Crippen molar-refractivity contribution in [3.05, 3.63) is 11.8 Å². The quantitative estimate of drug-likeness (QED) is 0.859. The first-order chi connectivity index (χ1) is 9.61. The number of nitrogens with zero attached hydrogens (tertiary/aromatic N) is 2. The van der Waals surface area contributed by atoms with Crippen molar-refractivity contribution in [1.29, 1.82) is 0 Å². The Hall–Kier alpha value is -1.52. The number of nitrogen functional groups attached to an aromatic ring is 1. The lowest BCUT2D eigenvalue weighted by Gasteiger charge is -2.54. The fourth-order valence-electron chi connectivity index (χ4n) is 5.01. The Bertz CT molecular complexity index is 522. The molecule has 4 bridgehead atoms. The Morgan fingerprint density at radius 2 is 1.85 bits per heavy atom. The zero-order chi connectivity index (χ0) is 13.9. The number of amides is 1. The molecule has 4 fully saturated rings. The fourth-order valence-corrected chi connectivity index (χ4v) is 5.01. The van der Waals surface area contributed by atoms with Crippen molar-refractivity contribution < 1.29 is 4.79 Å². The Morgan fingerprint density at radius 1 is 1.25 bits per heavy atom. The van der Waals surface area contributed by atoms with Gasteiger partial charge in [-0.3, -0.25) is 9.48 Å². The van der Waals surface area contributed by atoms with Crippen LogP contribution in [0.1, 0.15) is 42.5 Å². The molecule has 0 saturated heterocycles. The van der Waals surface area contributed by atoms with E-state index in [1.165, 1.54) is 32.1 Å².